The zero-order valence-electron chi connectivity index (χ0n) is 37.3. The molecule has 12 aromatic rings. The number of rotatable bonds is 8. The van der Waals surface area contributed by atoms with Gasteiger partial charge in [-0.05, 0) is 104 Å². The van der Waals surface area contributed by atoms with Crippen LogP contribution >= 0.6 is 0 Å². The number of hydrogen-bond acceptors (Lipinski definition) is 2. The molecular weight excluding hydrogens is 818 g/mol. The number of para-hydroxylation sites is 4. The summed E-state index contributed by atoms with van der Waals surface area (Å²) in [7, 11) is 0. The summed E-state index contributed by atoms with van der Waals surface area (Å²) in [6, 6.07) is 94.7. The molecule has 0 saturated heterocycles. The van der Waals surface area contributed by atoms with Gasteiger partial charge in [-0.25, -0.2) is 0 Å². The number of fused-ring (bicyclic) bond motifs is 6. The Morgan fingerprint density at radius 3 is 0.765 bits per heavy atom. The average Bonchev–Trinajstić information content (AvgIpc) is 3.93. The minimum absolute atomic E-state index is 0.0248. The Hall–Kier alpha value is -8.59. The lowest BCUT2D eigenvalue weighted by Crippen LogP contribution is -2.49. The molecule has 68 heavy (non-hydrogen) atoms. The highest BCUT2D eigenvalue weighted by molar-refractivity contribution is 7.01. The summed E-state index contributed by atoms with van der Waals surface area (Å²) in [4.78, 5) is 4.96. The van der Waals surface area contributed by atoms with E-state index in [-0.39, 0.29) is 13.4 Å². The first-order chi connectivity index (χ1) is 33.8. The average molecular weight is 861 g/mol. The lowest BCUT2D eigenvalue weighted by atomic mass is 9.37. The third kappa shape index (κ3) is 5.80. The number of nitrogens with zero attached hydrogens (tertiary/aromatic N) is 2. The molecule has 2 nitrogen and oxygen atoms in total. The highest BCUT2D eigenvalue weighted by atomic mass is 15.1. The Labute approximate surface area is 397 Å². The van der Waals surface area contributed by atoms with Crippen LogP contribution in [0.3, 0.4) is 0 Å². The van der Waals surface area contributed by atoms with E-state index in [1.54, 1.807) is 0 Å². The van der Waals surface area contributed by atoms with E-state index >= 15 is 0 Å². The van der Waals surface area contributed by atoms with Gasteiger partial charge < -0.3 is 9.80 Å². The molecule has 4 heteroatoms. The molecule has 0 atom stereocenters. The standard InChI is InChI=1S/C64H42B2N2/c1-5-21-43(22-6-1)67(44-23-7-2-8-24-44)61-41-59(65-55-33-17-13-29-47(55)48-30-14-18-34-56(48)65)51-38-40-54-62(68(45-25-9-3-10-26-45)46-27-11-4-12-28-46)42-60(52-37-39-53(61)63(51)64(52)54)66-57-35-19-15-31-49(57)50-32-16-20-36-58(50)66/h1-42H. The Morgan fingerprint density at radius 2 is 0.471 bits per heavy atom. The van der Waals surface area contributed by atoms with Gasteiger partial charge in [0.1, 0.15) is 0 Å². The number of benzene rings is 12. The smallest absolute Gasteiger partial charge is 0.243 e. The minimum atomic E-state index is 0.0248. The minimum Gasteiger partial charge on any atom is -0.310 e. The van der Waals surface area contributed by atoms with Crippen LogP contribution in [0.1, 0.15) is 0 Å². The van der Waals surface area contributed by atoms with Crippen LogP contribution in [0.25, 0.3) is 54.6 Å². The predicted molar refractivity (Wildman–Crippen MR) is 293 cm³/mol. The number of hydrogen-bond donors (Lipinski definition) is 0. The molecule has 0 radical (unpaired) electrons. The van der Waals surface area contributed by atoms with Gasteiger partial charge in [0.15, 0.2) is 0 Å². The zero-order valence-corrected chi connectivity index (χ0v) is 37.3. The number of anilines is 6. The summed E-state index contributed by atoms with van der Waals surface area (Å²) in [5, 5.41) is 7.57. The molecule has 0 fully saturated rings. The van der Waals surface area contributed by atoms with E-state index in [9.17, 15) is 0 Å². The zero-order chi connectivity index (χ0) is 44.7. The predicted octanol–water partition coefficient (Wildman–Crippen LogP) is 12.5. The van der Waals surface area contributed by atoms with Crippen molar-refractivity contribution in [2.75, 3.05) is 9.80 Å². The molecule has 0 aromatic heterocycles. The van der Waals surface area contributed by atoms with Crippen molar-refractivity contribution in [2.45, 2.75) is 0 Å². The van der Waals surface area contributed by atoms with Crippen molar-refractivity contribution in [3.63, 3.8) is 0 Å². The molecule has 2 aliphatic rings. The first-order valence-corrected chi connectivity index (χ1v) is 23.8. The first-order valence-electron chi connectivity index (χ1n) is 23.8. The van der Waals surface area contributed by atoms with Crippen LogP contribution in [0.15, 0.2) is 255 Å². The molecule has 0 bridgehead atoms. The van der Waals surface area contributed by atoms with Crippen LogP contribution in [0, 0.1) is 0 Å². The lowest BCUT2D eigenvalue weighted by Gasteiger charge is -2.32. The second-order valence-electron chi connectivity index (χ2n) is 18.3. The second-order valence-corrected chi connectivity index (χ2v) is 18.3. The SMILES string of the molecule is c1ccc(N(c2ccccc2)c2cc(B3c4ccccc4-c4ccccc43)c3ccc4c(N(c5ccccc5)c5ccccc5)cc(B5c6ccccc6-c6ccccc65)c5ccc2c3c54)cc1. The Morgan fingerprint density at radius 1 is 0.221 bits per heavy atom. The van der Waals surface area contributed by atoms with Crippen molar-refractivity contribution in [1.82, 2.24) is 0 Å². The lowest BCUT2D eigenvalue weighted by molar-refractivity contribution is 1.30. The van der Waals surface area contributed by atoms with E-state index in [0.29, 0.717) is 0 Å². The topological polar surface area (TPSA) is 6.48 Å². The second kappa shape index (κ2) is 15.5. The van der Waals surface area contributed by atoms with Crippen molar-refractivity contribution in [2.24, 2.45) is 0 Å². The molecular formula is C64H42B2N2. The fourth-order valence-corrected chi connectivity index (χ4v) is 12.0. The fraction of sp³-hybridized carbons (Fsp3) is 0. The van der Waals surface area contributed by atoms with Crippen molar-refractivity contribution in [1.29, 1.82) is 0 Å². The monoisotopic (exact) mass is 860 g/mol. The van der Waals surface area contributed by atoms with Gasteiger partial charge in [0.25, 0.3) is 0 Å². The molecule has 0 aliphatic carbocycles. The largest absolute Gasteiger partial charge is 0.310 e. The van der Waals surface area contributed by atoms with Gasteiger partial charge in [0, 0.05) is 33.5 Å². The summed E-state index contributed by atoms with van der Waals surface area (Å²) >= 11 is 0. The summed E-state index contributed by atoms with van der Waals surface area (Å²) in [5.41, 5.74) is 20.0. The van der Waals surface area contributed by atoms with Gasteiger partial charge in [0.2, 0.25) is 13.4 Å². The molecule has 0 amide bonds. The van der Waals surface area contributed by atoms with Crippen molar-refractivity contribution >= 4 is 113 Å². The third-order valence-electron chi connectivity index (χ3n) is 14.7. The normalized spacial score (nSPS) is 12.4. The summed E-state index contributed by atoms with van der Waals surface area (Å²) in [6.45, 7) is 0.0496. The maximum absolute atomic E-state index is 2.52. The Bertz CT molecular complexity index is 3380. The fourth-order valence-electron chi connectivity index (χ4n) is 12.0. The van der Waals surface area contributed by atoms with Crippen LogP contribution in [0.4, 0.5) is 34.1 Å². The van der Waals surface area contributed by atoms with Gasteiger partial charge in [-0.1, -0.05) is 227 Å². The molecule has 314 valence electrons. The molecule has 12 aromatic carbocycles. The van der Waals surface area contributed by atoms with Crippen LogP contribution in [0.2, 0.25) is 0 Å². The third-order valence-corrected chi connectivity index (χ3v) is 14.7. The van der Waals surface area contributed by atoms with E-state index in [1.807, 2.05) is 0 Å². The van der Waals surface area contributed by atoms with E-state index in [0.717, 1.165) is 34.1 Å². The molecule has 0 saturated carbocycles. The quantitative estimate of drug-likeness (QED) is 0.111. The van der Waals surface area contributed by atoms with Gasteiger partial charge in [-0.2, -0.15) is 0 Å². The van der Waals surface area contributed by atoms with Gasteiger partial charge in [0.05, 0.1) is 11.4 Å². The van der Waals surface area contributed by atoms with Gasteiger partial charge in [-0.15, -0.1) is 0 Å². The van der Waals surface area contributed by atoms with Crippen LogP contribution < -0.4 is 42.6 Å². The van der Waals surface area contributed by atoms with Crippen molar-refractivity contribution in [3.05, 3.63) is 255 Å². The van der Waals surface area contributed by atoms with Crippen LogP contribution in [-0.2, 0) is 0 Å². The summed E-state index contributed by atoms with van der Waals surface area (Å²) in [5.74, 6) is 0. The van der Waals surface area contributed by atoms with Gasteiger partial charge >= 0.3 is 0 Å². The van der Waals surface area contributed by atoms with E-state index in [4.69, 9.17) is 0 Å². The van der Waals surface area contributed by atoms with Crippen molar-refractivity contribution in [3.8, 4) is 22.3 Å². The molecule has 2 aliphatic heterocycles. The Kier molecular flexibility index (Phi) is 8.82. The van der Waals surface area contributed by atoms with Crippen LogP contribution in [0.5, 0.6) is 0 Å². The maximum atomic E-state index is 2.52. The molecule has 0 N–H and O–H groups in total. The first kappa shape index (κ1) is 38.7. The van der Waals surface area contributed by atoms with Gasteiger partial charge in [-0.3, -0.25) is 0 Å². The highest BCUT2D eigenvalue weighted by Gasteiger charge is 2.38. The van der Waals surface area contributed by atoms with E-state index < -0.39 is 0 Å². The van der Waals surface area contributed by atoms with Crippen LogP contribution in [-0.4, -0.2) is 13.4 Å². The van der Waals surface area contributed by atoms with E-state index in [1.165, 1.54) is 87.3 Å². The van der Waals surface area contributed by atoms with Crippen molar-refractivity contribution < 1.29 is 0 Å². The van der Waals surface area contributed by atoms with E-state index in [2.05, 4.69) is 265 Å². The Balaban J connectivity index is 1.17. The molecule has 2 heterocycles. The summed E-state index contributed by atoms with van der Waals surface area (Å²) in [6.07, 6.45) is 0. The maximum Gasteiger partial charge on any atom is 0.243 e. The highest BCUT2D eigenvalue weighted by Crippen LogP contribution is 2.47. The molecule has 0 unspecified atom stereocenters. The molecule has 14 rings (SSSR count). The summed E-state index contributed by atoms with van der Waals surface area (Å²) < 4.78 is 0. The molecule has 0 spiro atoms.